The normalized spacial score (nSPS) is 14.3. The Labute approximate surface area is 122 Å². The van der Waals surface area contributed by atoms with Crippen molar-refractivity contribution in [1.82, 2.24) is 10.3 Å². The van der Waals surface area contributed by atoms with Crippen molar-refractivity contribution in [3.63, 3.8) is 0 Å². The van der Waals surface area contributed by atoms with Gasteiger partial charge in [-0.25, -0.2) is 4.98 Å². The third-order valence-electron chi connectivity index (χ3n) is 3.34. The first-order valence-corrected chi connectivity index (χ1v) is 7.52. The molecular formula is C15H18N2O2S. The molecule has 4 nitrogen and oxygen atoms in total. The highest BCUT2D eigenvalue weighted by Gasteiger charge is 2.20. The van der Waals surface area contributed by atoms with E-state index in [-0.39, 0.29) is 0 Å². The molecule has 20 heavy (non-hydrogen) atoms. The largest absolute Gasteiger partial charge is 0.497 e. The van der Waals surface area contributed by atoms with Crippen molar-refractivity contribution in [3.05, 3.63) is 29.4 Å². The van der Waals surface area contributed by atoms with Gasteiger partial charge in [-0.05, 0) is 31.0 Å². The predicted octanol–water partition coefficient (Wildman–Crippen LogP) is 3.08. The molecule has 3 rings (SSSR count). The highest BCUT2D eigenvalue weighted by atomic mass is 32.1. The molecule has 1 aliphatic rings. The lowest BCUT2D eigenvalue weighted by Gasteiger charge is -2.08. The number of nitrogens with one attached hydrogen (secondary N) is 1. The molecule has 1 aromatic carbocycles. The van der Waals surface area contributed by atoms with Crippen LogP contribution in [0.2, 0.25) is 0 Å². The summed E-state index contributed by atoms with van der Waals surface area (Å²) in [5.74, 6) is 1.67. The van der Waals surface area contributed by atoms with E-state index in [1.807, 2.05) is 24.4 Å². The van der Waals surface area contributed by atoms with Gasteiger partial charge in [0.15, 0.2) is 0 Å². The van der Waals surface area contributed by atoms with E-state index >= 15 is 0 Å². The van der Waals surface area contributed by atoms with Gasteiger partial charge in [0.1, 0.15) is 16.5 Å². The van der Waals surface area contributed by atoms with E-state index in [2.05, 4.69) is 10.3 Å². The fourth-order valence-corrected chi connectivity index (χ4v) is 2.93. The zero-order valence-electron chi connectivity index (χ0n) is 11.7. The van der Waals surface area contributed by atoms with Crippen molar-refractivity contribution >= 4 is 11.3 Å². The number of rotatable bonds is 6. The molecular weight excluding hydrogens is 272 g/mol. The summed E-state index contributed by atoms with van der Waals surface area (Å²) in [5, 5.41) is 4.59. The van der Waals surface area contributed by atoms with E-state index in [0.29, 0.717) is 6.04 Å². The smallest absolute Gasteiger partial charge is 0.127 e. The maximum absolute atomic E-state index is 5.42. The topological polar surface area (TPSA) is 43.4 Å². The first kappa shape index (κ1) is 13.4. The van der Waals surface area contributed by atoms with Crippen molar-refractivity contribution < 1.29 is 9.47 Å². The van der Waals surface area contributed by atoms with E-state index < -0.39 is 0 Å². The first-order chi connectivity index (χ1) is 9.80. The molecule has 0 atom stereocenters. The van der Waals surface area contributed by atoms with Crippen LogP contribution in [-0.2, 0) is 6.54 Å². The molecule has 1 aliphatic carbocycles. The highest BCUT2D eigenvalue weighted by molar-refractivity contribution is 7.15. The number of ether oxygens (including phenoxy) is 2. The molecule has 0 spiro atoms. The van der Waals surface area contributed by atoms with Crippen LogP contribution in [0.3, 0.4) is 0 Å². The second-order valence-corrected chi connectivity index (χ2v) is 5.95. The molecule has 1 aromatic heterocycles. The summed E-state index contributed by atoms with van der Waals surface area (Å²) in [4.78, 5) is 5.59. The summed E-state index contributed by atoms with van der Waals surface area (Å²) in [7, 11) is 3.35. The van der Waals surface area contributed by atoms with Gasteiger partial charge in [-0.15, -0.1) is 11.3 Å². The van der Waals surface area contributed by atoms with Crippen molar-refractivity contribution in [2.45, 2.75) is 25.4 Å². The van der Waals surface area contributed by atoms with E-state index in [1.165, 1.54) is 12.8 Å². The fourth-order valence-electron chi connectivity index (χ4n) is 2.04. The third-order valence-corrected chi connectivity index (χ3v) is 4.38. The van der Waals surface area contributed by atoms with Crippen LogP contribution in [0, 0.1) is 0 Å². The molecule has 5 heteroatoms. The molecule has 0 aliphatic heterocycles. The molecule has 0 unspecified atom stereocenters. The lowest BCUT2D eigenvalue weighted by Crippen LogP contribution is -2.14. The highest BCUT2D eigenvalue weighted by Crippen LogP contribution is 2.36. The minimum absolute atomic E-state index is 0.703. The summed E-state index contributed by atoms with van der Waals surface area (Å²) >= 11 is 1.70. The lowest BCUT2D eigenvalue weighted by atomic mass is 10.1. The number of hydrogen-bond donors (Lipinski definition) is 1. The minimum atomic E-state index is 0.703. The van der Waals surface area contributed by atoms with Gasteiger partial charge in [-0.2, -0.15) is 0 Å². The lowest BCUT2D eigenvalue weighted by molar-refractivity contribution is 0.404. The quantitative estimate of drug-likeness (QED) is 0.888. The summed E-state index contributed by atoms with van der Waals surface area (Å²) in [6.07, 6.45) is 4.50. The van der Waals surface area contributed by atoms with Crippen molar-refractivity contribution in [3.8, 4) is 21.9 Å². The van der Waals surface area contributed by atoms with E-state index in [9.17, 15) is 0 Å². The molecule has 1 heterocycles. The summed E-state index contributed by atoms with van der Waals surface area (Å²) in [6, 6.07) is 6.52. The van der Waals surface area contributed by atoms with Gasteiger partial charge in [0.05, 0.1) is 19.1 Å². The maximum Gasteiger partial charge on any atom is 0.127 e. The van der Waals surface area contributed by atoms with Crippen LogP contribution in [0.4, 0.5) is 0 Å². The van der Waals surface area contributed by atoms with Crippen LogP contribution >= 0.6 is 11.3 Å². The molecule has 0 amide bonds. The standard InChI is InChI=1S/C15H18N2O2S/c1-18-11-5-6-13(19-2)12(7-11)14-8-17-15(20-14)9-16-10-3-4-10/h5-8,10,16H,3-4,9H2,1-2H3. The third kappa shape index (κ3) is 2.94. The van der Waals surface area contributed by atoms with Crippen molar-refractivity contribution in [2.75, 3.05) is 14.2 Å². The molecule has 2 aromatic rings. The van der Waals surface area contributed by atoms with E-state index in [4.69, 9.17) is 9.47 Å². The van der Waals surface area contributed by atoms with Crippen LogP contribution < -0.4 is 14.8 Å². The van der Waals surface area contributed by atoms with Crippen LogP contribution in [0.25, 0.3) is 10.4 Å². The molecule has 0 bridgehead atoms. The van der Waals surface area contributed by atoms with Crippen molar-refractivity contribution in [2.24, 2.45) is 0 Å². The minimum Gasteiger partial charge on any atom is -0.497 e. The van der Waals surface area contributed by atoms with E-state index in [1.54, 1.807) is 25.6 Å². The number of methoxy groups -OCH3 is 2. The summed E-state index contributed by atoms with van der Waals surface area (Å²) in [6.45, 7) is 0.849. The Morgan fingerprint density at radius 1 is 1.30 bits per heavy atom. The van der Waals surface area contributed by atoms with E-state index in [0.717, 1.165) is 33.5 Å². The van der Waals surface area contributed by atoms with Gasteiger partial charge in [0.2, 0.25) is 0 Å². The second kappa shape index (κ2) is 5.81. The zero-order valence-corrected chi connectivity index (χ0v) is 12.5. The number of hydrogen-bond acceptors (Lipinski definition) is 5. The fraction of sp³-hybridized carbons (Fsp3) is 0.400. The van der Waals surface area contributed by atoms with Gasteiger partial charge < -0.3 is 14.8 Å². The monoisotopic (exact) mass is 290 g/mol. The Hall–Kier alpha value is -1.59. The Kier molecular flexibility index (Phi) is 3.89. The van der Waals surface area contributed by atoms with Gasteiger partial charge >= 0.3 is 0 Å². The molecule has 0 saturated heterocycles. The Balaban J connectivity index is 1.83. The number of aromatic nitrogens is 1. The SMILES string of the molecule is COc1ccc(OC)c(-c2cnc(CNC3CC3)s2)c1. The van der Waals surface area contributed by atoms with Crippen LogP contribution in [0.5, 0.6) is 11.5 Å². The zero-order chi connectivity index (χ0) is 13.9. The first-order valence-electron chi connectivity index (χ1n) is 6.70. The van der Waals surface area contributed by atoms with Gasteiger partial charge in [-0.1, -0.05) is 0 Å². The van der Waals surface area contributed by atoms with Crippen LogP contribution in [0.1, 0.15) is 17.8 Å². The number of nitrogens with zero attached hydrogens (tertiary/aromatic N) is 1. The number of benzene rings is 1. The average Bonchev–Trinajstić information content (AvgIpc) is 3.21. The summed E-state index contributed by atoms with van der Waals surface area (Å²) < 4.78 is 10.7. The van der Waals surface area contributed by atoms with Gasteiger partial charge in [0, 0.05) is 24.3 Å². The Morgan fingerprint density at radius 3 is 2.85 bits per heavy atom. The second-order valence-electron chi connectivity index (χ2n) is 4.84. The van der Waals surface area contributed by atoms with Crippen molar-refractivity contribution in [1.29, 1.82) is 0 Å². The van der Waals surface area contributed by atoms with Crippen LogP contribution in [0.15, 0.2) is 24.4 Å². The van der Waals surface area contributed by atoms with Crippen LogP contribution in [-0.4, -0.2) is 25.2 Å². The molecule has 0 radical (unpaired) electrons. The molecule has 1 N–H and O–H groups in total. The Morgan fingerprint density at radius 2 is 2.15 bits per heavy atom. The average molecular weight is 290 g/mol. The number of thiazole rings is 1. The summed E-state index contributed by atoms with van der Waals surface area (Å²) in [5.41, 5.74) is 1.03. The predicted molar refractivity (Wildman–Crippen MR) is 80.5 cm³/mol. The maximum atomic E-state index is 5.42. The Bertz CT molecular complexity index is 593. The molecule has 1 fully saturated rings. The van der Waals surface area contributed by atoms with Gasteiger partial charge in [-0.3, -0.25) is 0 Å². The van der Waals surface area contributed by atoms with Gasteiger partial charge in [0.25, 0.3) is 0 Å². The molecule has 1 saturated carbocycles. The molecule has 106 valence electrons.